The first kappa shape index (κ1) is 16.5. The smallest absolute Gasteiger partial charge is 0.309 e. The van der Waals surface area contributed by atoms with Crippen LogP contribution in [-0.2, 0) is 9.53 Å². The molecule has 1 aliphatic carbocycles. The molecule has 1 fully saturated rings. The van der Waals surface area contributed by atoms with Gasteiger partial charge in [0.15, 0.2) is 0 Å². The van der Waals surface area contributed by atoms with Gasteiger partial charge in [0.1, 0.15) is 5.60 Å². The van der Waals surface area contributed by atoms with E-state index in [1.165, 1.54) is 0 Å². The maximum Gasteiger partial charge on any atom is 0.309 e. The van der Waals surface area contributed by atoms with E-state index in [1.807, 2.05) is 32.9 Å². The largest absolute Gasteiger partial charge is 0.460 e. The molecule has 0 unspecified atom stereocenters. The number of carbonyl (C=O) groups is 1. The normalized spacial score (nSPS) is 22.1. The summed E-state index contributed by atoms with van der Waals surface area (Å²) < 4.78 is 5.45. The Hall–Kier alpha value is -1.91. The Balaban J connectivity index is 1.91. The van der Waals surface area contributed by atoms with Crippen LogP contribution >= 0.6 is 0 Å². The molecule has 0 aliphatic heterocycles. The van der Waals surface area contributed by atoms with Crippen LogP contribution in [0.25, 0.3) is 0 Å². The average Bonchev–Trinajstić information content (AvgIpc) is 2.46. The lowest BCUT2D eigenvalue weighted by molar-refractivity contribution is -0.384. The molecule has 0 radical (unpaired) electrons. The lowest BCUT2D eigenvalue weighted by atomic mass is 9.78. The van der Waals surface area contributed by atoms with Crippen molar-refractivity contribution in [3.63, 3.8) is 0 Å². The quantitative estimate of drug-likeness (QED) is 0.476. The Labute approximate surface area is 130 Å². The van der Waals surface area contributed by atoms with E-state index in [-0.39, 0.29) is 22.5 Å². The molecule has 0 aromatic heterocycles. The Kier molecular flexibility index (Phi) is 4.84. The second-order valence-corrected chi connectivity index (χ2v) is 6.93. The van der Waals surface area contributed by atoms with E-state index in [0.29, 0.717) is 5.92 Å². The highest BCUT2D eigenvalue weighted by Gasteiger charge is 2.30. The van der Waals surface area contributed by atoms with Gasteiger partial charge in [-0.3, -0.25) is 14.9 Å². The minimum Gasteiger partial charge on any atom is -0.460 e. The average molecular weight is 305 g/mol. The minimum atomic E-state index is -0.438. The van der Waals surface area contributed by atoms with Crippen LogP contribution in [-0.4, -0.2) is 16.5 Å². The first-order valence-corrected chi connectivity index (χ1v) is 7.73. The fourth-order valence-electron chi connectivity index (χ4n) is 2.92. The molecule has 0 bridgehead atoms. The molecular weight excluding hydrogens is 282 g/mol. The van der Waals surface area contributed by atoms with Gasteiger partial charge >= 0.3 is 5.97 Å². The van der Waals surface area contributed by atoms with Gasteiger partial charge in [0.25, 0.3) is 5.69 Å². The summed E-state index contributed by atoms with van der Waals surface area (Å²) in [5.41, 5.74) is 0.797. The van der Waals surface area contributed by atoms with Crippen molar-refractivity contribution in [3.8, 4) is 0 Å². The number of esters is 1. The molecule has 1 saturated carbocycles. The van der Waals surface area contributed by atoms with Gasteiger partial charge in [0.05, 0.1) is 10.8 Å². The van der Waals surface area contributed by atoms with Crippen LogP contribution in [0.5, 0.6) is 0 Å². The van der Waals surface area contributed by atoms with E-state index in [4.69, 9.17) is 4.74 Å². The van der Waals surface area contributed by atoms with Gasteiger partial charge in [-0.05, 0) is 57.9 Å². The molecule has 22 heavy (non-hydrogen) atoms. The molecule has 1 aliphatic rings. The van der Waals surface area contributed by atoms with Crippen molar-refractivity contribution in [1.29, 1.82) is 0 Å². The topological polar surface area (TPSA) is 69.4 Å². The molecule has 0 heterocycles. The van der Waals surface area contributed by atoms with Gasteiger partial charge in [0, 0.05) is 12.1 Å². The van der Waals surface area contributed by atoms with Crippen molar-refractivity contribution in [2.24, 2.45) is 5.92 Å². The van der Waals surface area contributed by atoms with Crippen LogP contribution in [0, 0.1) is 16.0 Å². The fourth-order valence-corrected chi connectivity index (χ4v) is 2.92. The zero-order valence-electron chi connectivity index (χ0n) is 13.4. The van der Waals surface area contributed by atoms with Crippen LogP contribution in [0.2, 0.25) is 0 Å². The summed E-state index contributed by atoms with van der Waals surface area (Å²) in [6, 6.07) is 6.76. The third-order valence-corrected chi connectivity index (χ3v) is 4.04. The molecule has 120 valence electrons. The molecule has 5 nitrogen and oxygen atoms in total. The fraction of sp³-hybridized carbons (Fsp3) is 0.588. The van der Waals surface area contributed by atoms with E-state index in [9.17, 15) is 14.9 Å². The number of hydrogen-bond donors (Lipinski definition) is 0. The van der Waals surface area contributed by atoms with E-state index in [1.54, 1.807) is 12.1 Å². The van der Waals surface area contributed by atoms with Crippen LogP contribution in [0.1, 0.15) is 57.9 Å². The molecule has 1 aromatic rings. The summed E-state index contributed by atoms with van der Waals surface area (Å²) in [7, 11) is 0. The monoisotopic (exact) mass is 305 g/mol. The third-order valence-electron chi connectivity index (χ3n) is 4.04. The van der Waals surface area contributed by atoms with Gasteiger partial charge in [-0.15, -0.1) is 0 Å². The molecule has 2 rings (SSSR count). The first-order valence-electron chi connectivity index (χ1n) is 7.73. The highest BCUT2D eigenvalue weighted by atomic mass is 16.6. The number of ether oxygens (including phenoxy) is 1. The van der Waals surface area contributed by atoms with Crippen molar-refractivity contribution in [3.05, 3.63) is 39.9 Å². The molecular formula is C17H23NO4. The number of hydrogen-bond acceptors (Lipinski definition) is 4. The molecule has 0 N–H and O–H groups in total. The number of nitro benzene ring substituents is 1. The highest BCUT2D eigenvalue weighted by Crippen LogP contribution is 2.37. The summed E-state index contributed by atoms with van der Waals surface area (Å²) in [6.45, 7) is 5.65. The number of carbonyl (C=O) groups excluding carboxylic acids is 1. The van der Waals surface area contributed by atoms with Crippen molar-refractivity contribution >= 4 is 11.7 Å². The molecule has 0 amide bonds. The molecule has 0 atom stereocenters. The molecule has 0 saturated heterocycles. The van der Waals surface area contributed by atoms with Crippen LogP contribution < -0.4 is 0 Å². The molecule has 5 heteroatoms. The Bertz CT molecular complexity index is 537. The highest BCUT2D eigenvalue weighted by molar-refractivity contribution is 5.73. The van der Waals surface area contributed by atoms with Gasteiger partial charge in [-0.1, -0.05) is 12.1 Å². The van der Waals surface area contributed by atoms with E-state index in [0.717, 1.165) is 31.2 Å². The third kappa shape index (κ3) is 4.29. The molecule has 0 spiro atoms. The number of non-ortho nitro benzene ring substituents is 1. The first-order chi connectivity index (χ1) is 10.3. The number of benzene rings is 1. The van der Waals surface area contributed by atoms with E-state index >= 15 is 0 Å². The summed E-state index contributed by atoms with van der Waals surface area (Å²) in [5.74, 6) is 0.252. The maximum absolute atomic E-state index is 12.1. The number of nitrogens with zero attached hydrogens (tertiary/aromatic N) is 1. The van der Waals surface area contributed by atoms with E-state index in [2.05, 4.69) is 0 Å². The van der Waals surface area contributed by atoms with Crippen molar-refractivity contribution in [1.82, 2.24) is 0 Å². The number of rotatable bonds is 3. The van der Waals surface area contributed by atoms with Crippen molar-refractivity contribution in [2.75, 3.05) is 0 Å². The summed E-state index contributed by atoms with van der Waals surface area (Å²) >= 11 is 0. The lowest BCUT2D eigenvalue weighted by Crippen LogP contribution is -2.30. The van der Waals surface area contributed by atoms with Gasteiger partial charge in [-0.2, -0.15) is 0 Å². The Morgan fingerprint density at radius 2 is 1.68 bits per heavy atom. The standard InChI is InChI=1S/C17H23NO4/c1-17(2,3)22-16(19)14-6-4-12(5-7-14)13-8-10-15(11-9-13)18(20)21/h8-12,14H,4-7H2,1-3H3/t12-,14-. The van der Waals surface area contributed by atoms with Crippen molar-refractivity contribution in [2.45, 2.75) is 58.0 Å². The SMILES string of the molecule is CC(C)(C)OC(=O)[C@H]1CC[C@H](c2ccc([N+](=O)[O-])cc2)CC1. The lowest BCUT2D eigenvalue weighted by Gasteiger charge is -2.30. The Morgan fingerprint density at radius 3 is 2.14 bits per heavy atom. The van der Waals surface area contributed by atoms with Gasteiger partial charge in [-0.25, -0.2) is 0 Å². The predicted octanol–water partition coefficient (Wildman–Crippen LogP) is 4.21. The second kappa shape index (κ2) is 6.46. The summed E-state index contributed by atoms with van der Waals surface area (Å²) in [4.78, 5) is 22.4. The Morgan fingerprint density at radius 1 is 1.14 bits per heavy atom. The maximum atomic E-state index is 12.1. The summed E-state index contributed by atoms with van der Waals surface area (Å²) in [5, 5.41) is 10.7. The van der Waals surface area contributed by atoms with E-state index < -0.39 is 5.60 Å². The van der Waals surface area contributed by atoms with Gasteiger partial charge < -0.3 is 4.74 Å². The van der Waals surface area contributed by atoms with Crippen LogP contribution in [0.3, 0.4) is 0 Å². The minimum absolute atomic E-state index is 0.0199. The molecule has 1 aromatic carbocycles. The van der Waals surface area contributed by atoms with Crippen LogP contribution in [0.4, 0.5) is 5.69 Å². The predicted molar refractivity (Wildman–Crippen MR) is 83.6 cm³/mol. The zero-order chi connectivity index (χ0) is 16.3. The van der Waals surface area contributed by atoms with Gasteiger partial charge in [0.2, 0.25) is 0 Å². The van der Waals surface area contributed by atoms with Crippen molar-refractivity contribution < 1.29 is 14.5 Å². The second-order valence-electron chi connectivity index (χ2n) is 6.93. The number of nitro groups is 1. The zero-order valence-corrected chi connectivity index (χ0v) is 13.4. The van der Waals surface area contributed by atoms with Crippen LogP contribution in [0.15, 0.2) is 24.3 Å². The summed E-state index contributed by atoms with van der Waals surface area (Å²) in [6.07, 6.45) is 3.47.